The monoisotopic (exact) mass is 315 g/mol. The second-order valence-electron chi connectivity index (χ2n) is 5.04. The highest BCUT2D eigenvalue weighted by Gasteiger charge is 2.11. The molecule has 0 aliphatic rings. The van der Waals surface area contributed by atoms with Crippen molar-refractivity contribution in [2.75, 3.05) is 27.8 Å². The fourth-order valence-corrected chi connectivity index (χ4v) is 2.14. The number of hydroxylamine groups is 2. The molecule has 5 heteroatoms. The summed E-state index contributed by atoms with van der Waals surface area (Å²) in [5.74, 6) is 1.02. The third kappa shape index (κ3) is 4.72. The van der Waals surface area contributed by atoms with Gasteiger partial charge in [0.1, 0.15) is 0 Å². The minimum atomic E-state index is -0.361. The Kier molecular flexibility index (Phi) is 6.00. The van der Waals surface area contributed by atoms with E-state index in [0.717, 1.165) is 12.0 Å². The normalized spacial score (nSPS) is 10.4. The maximum Gasteiger partial charge on any atom is 0.357 e. The van der Waals surface area contributed by atoms with Crippen molar-refractivity contribution < 1.29 is 19.1 Å². The Balaban J connectivity index is 1.89. The molecule has 0 fully saturated rings. The van der Waals surface area contributed by atoms with Crippen LogP contribution in [-0.2, 0) is 11.3 Å². The van der Waals surface area contributed by atoms with E-state index in [0.29, 0.717) is 23.6 Å². The number of rotatable bonds is 7. The summed E-state index contributed by atoms with van der Waals surface area (Å²) in [4.78, 5) is 17.2. The first-order chi connectivity index (χ1) is 11.1. The number of ether oxygens (including phenoxy) is 2. The minimum absolute atomic E-state index is 0.361. The summed E-state index contributed by atoms with van der Waals surface area (Å²) < 4.78 is 10.5. The van der Waals surface area contributed by atoms with Crippen LogP contribution in [0.1, 0.15) is 15.9 Å². The third-order valence-electron chi connectivity index (χ3n) is 3.41. The number of hydrogen-bond acceptors (Lipinski definition) is 5. The molecule has 5 nitrogen and oxygen atoms in total. The Morgan fingerprint density at radius 1 is 1.00 bits per heavy atom. The van der Waals surface area contributed by atoms with Crippen molar-refractivity contribution in [1.82, 2.24) is 5.06 Å². The summed E-state index contributed by atoms with van der Waals surface area (Å²) >= 11 is 0. The summed E-state index contributed by atoms with van der Waals surface area (Å²) in [6.45, 7) is 0.577. The van der Waals surface area contributed by atoms with Crippen LogP contribution in [0.3, 0.4) is 0 Å². The van der Waals surface area contributed by atoms with Crippen molar-refractivity contribution in [2.24, 2.45) is 0 Å². The average molecular weight is 315 g/mol. The Hall–Kier alpha value is -2.53. The number of methoxy groups -OCH3 is 2. The number of carbonyl (C=O) groups excluding carboxylic acids is 1. The molecule has 2 aromatic rings. The van der Waals surface area contributed by atoms with Crippen LogP contribution < -0.4 is 9.47 Å². The SMILES string of the molecule is COc1ccc(CCN(C)OC(=O)c2ccccc2)cc1OC. The molecular weight excluding hydrogens is 294 g/mol. The first-order valence-corrected chi connectivity index (χ1v) is 7.33. The van der Waals surface area contributed by atoms with Gasteiger partial charge in [-0.15, -0.1) is 5.06 Å². The molecule has 0 saturated carbocycles. The van der Waals surface area contributed by atoms with Crippen molar-refractivity contribution in [3.63, 3.8) is 0 Å². The number of nitrogens with zero attached hydrogens (tertiary/aromatic N) is 1. The summed E-state index contributed by atoms with van der Waals surface area (Å²) in [6, 6.07) is 14.7. The lowest BCUT2D eigenvalue weighted by Crippen LogP contribution is -2.25. The molecule has 0 spiro atoms. The number of hydrogen-bond donors (Lipinski definition) is 0. The first-order valence-electron chi connectivity index (χ1n) is 7.33. The highest BCUT2D eigenvalue weighted by Crippen LogP contribution is 2.27. The van der Waals surface area contributed by atoms with Crippen LogP contribution in [0.2, 0.25) is 0 Å². The molecule has 0 saturated heterocycles. The summed E-state index contributed by atoms with van der Waals surface area (Å²) in [6.07, 6.45) is 0.721. The van der Waals surface area contributed by atoms with E-state index in [2.05, 4.69) is 0 Å². The lowest BCUT2D eigenvalue weighted by atomic mass is 10.1. The molecule has 0 radical (unpaired) electrons. The smallest absolute Gasteiger partial charge is 0.357 e. The van der Waals surface area contributed by atoms with Crippen molar-refractivity contribution in [2.45, 2.75) is 6.42 Å². The van der Waals surface area contributed by atoms with E-state index < -0.39 is 0 Å². The maximum absolute atomic E-state index is 11.9. The van der Waals surface area contributed by atoms with E-state index in [-0.39, 0.29) is 5.97 Å². The average Bonchev–Trinajstić information content (AvgIpc) is 2.60. The largest absolute Gasteiger partial charge is 0.493 e. The van der Waals surface area contributed by atoms with Gasteiger partial charge in [0, 0.05) is 13.6 Å². The van der Waals surface area contributed by atoms with E-state index in [1.54, 1.807) is 45.5 Å². The summed E-state index contributed by atoms with van der Waals surface area (Å²) in [5, 5.41) is 1.53. The predicted octanol–water partition coefficient (Wildman–Crippen LogP) is 2.95. The van der Waals surface area contributed by atoms with Crippen molar-refractivity contribution in [3.05, 3.63) is 59.7 Å². The highest BCUT2D eigenvalue weighted by molar-refractivity contribution is 5.89. The molecule has 0 N–H and O–H groups in total. The standard InChI is InChI=1S/C18H21NO4/c1-19(23-18(20)15-7-5-4-6-8-15)12-11-14-9-10-16(21-2)17(13-14)22-3/h4-10,13H,11-12H2,1-3H3. The fraction of sp³-hybridized carbons (Fsp3) is 0.278. The zero-order valence-electron chi connectivity index (χ0n) is 13.6. The number of benzene rings is 2. The lowest BCUT2D eigenvalue weighted by Gasteiger charge is -2.16. The van der Waals surface area contributed by atoms with Gasteiger partial charge in [-0.1, -0.05) is 24.3 Å². The molecule has 0 bridgehead atoms. The van der Waals surface area contributed by atoms with Crippen LogP contribution in [0.5, 0.6) is 11.5 Å². The number of likely N-dealkylation sites (N-methyl/N-ethyl adjacent to an activating group) is 1. The summed E-state index contributed by atoms with van der Waals surface area (Å²) in [7, 11) is 4.95. The topological polar surface area (TPSA) is 48.0 Å². The fourth-order valence-electron chi connectivity index (χ4n) is 2.14. The molecule has 2 rings (SSSR count). The van der Waals surface area contributed by atoms with Gasteiger partial charge in [0.15, 0.2) is 11.5 Å². The Morgan fingerprint density at radius 3 is 2.35 bits per heavy atom. The molecule has 0 heterocycles. The van der Waals surface area contributed by atoms with Gasteiger partial charge in [-0.3, -0.25) is 0 Å². The van der Waals surface area contributed by atoms with Crippen LogP contribution in [0.4, 0.5) is 0 Å². The quantitative estimate of drug-likeness (QED) is 0.735. The molecule has 0 aliphatic carbocycles. The highest BCUT2D eigenvalue weighted by atomic mass is 16.7. The minimum Gasteiger partial charge on any atom is -0.493 e. The van der Waals surface area contributed by atoms with Gasteiger partial charge in [-0.05, 0) is 36.2 Å². The van der Waals surface area contributed by atoms with Crippen LogP contribution >= 0.6 is 0 Å². The second kappa shape index (κ2) is 8.19. The van der Waals surface area contributed by atoms with Crippen LogP contribution in [0.15, 0.2) is 48.5 Å². The van der Waals surface area contributed by atoms with Gasteiger partial charge < -0.3 is 14.3 Å². The Bertz CT molecular complexity index is 643. The number of carbonyl (C=O) groups is 1. The Morgan fingerprint density at radius 2 is 1.70 bits per heavy atom. The van der Waals surface area contributed by atoms with E-state index in [1.165, 1.54) is 5.06 Å². The third-order valence-corrected chi connectivity index (χ3v) is 3.41. The second-order valence-corrected chi connectivity index (χ2v) is 5.04. The maximum atomic E-state index is 11.9. The molecule has 2 aromatic carbocycles. The van der Waals surface area contributed by atoms with Crippen molar-refractivity contribution in [1.29, 1.82) is 0 Å². The van der Waals surface area contributed by atoms with Crippen LogP contribution in [0.25, 0.3) is 0 Å². The van der Waals surface area contributed by atoms with Crippen LogP contribution in [-0.4, -0.2) is 38.8 Å². The van der Waals surface area contributed by atoms with Gasteiger partial charge in [-0.2, -0.15) is 0 Å². The van der Waals surface area contributed by atoms with Gasteiger partial charge in [-0.25, -0.2) is 4.79 Å². The molecule has 23 heavy (non-hydrogen) atoms. The molecule has 122 valence electrons. The van der Waals surface area contributed by atoms with Crippen molar-refractivity contribution in [3.8, 4) is 11.5 Å². The van der Waals surface area contributed by atoms with Gasteiger partial charge in [0.2, 0.25) is 0 Å². The van der Waals surface area contributed by atoms with E-state index in [9.17, 15) is 4.79 Å². The molecule has 0 amide bonds. The molecule has 0 atom stereocenters. The van der Waals surface area contributed by atoms with Crippen molar-refractivity contribution >= 4 is 5.97 Å². The lowest BCUT2D eigenvalue weighted by molar-refractivity contribution is -0.0894. The molecular formula is C18H21NO4. The molecule has 0 unspecified atom stereocenters. The molecule has 0 aliphatic heterocycles. The van der Waals surface area contributed by atoms with E-state index >= 15 is 0 Å². The molecule has 0 aromatic heterocycles. The van der Waals surface area contributed by atoms with E-state index in [1.807, 2.05) is 24.3 Å². The zero-order chi connectivity index (χ0) is 16.7. The predicted molar refractivity (Wildman–Crippen MR) is 87.7 cm³/mol. The van der Waals surface area contributed by atoms with Gasteiger partial charge >= 0.3 is 5.97 Å². The van der Waals surface area contributed by atoms with Crippen LogP contribution in [0, 0.1) is 0 Å². The van der Waals surface area contributed by atoms with Gasteiger partial charge in [0.05, 0.1) is 19.8 Å². The summed E-state index contributed by atoms with van der Waals surface area (Å²) in [5.41, 5.74) is 1.61. The van der Waals surface area contributed by atoms with Gasteiger partial charge in [0.25, 0.3) is 0 Å². The zero-order valence-corrected chi connectivity index (χ0v) is 13.6. The Labute approximate surface area is 136 Å². The van der Waals surface area contributed by atoms with E-state index in [4.69, 9.17) is 14.3 Å². The first kappa shape index (κ1) is 16.8.